The number of nitrogens with zero attached hydrogens (tertiary/aromatic N) is 4. The number of hydrogen-bond acceptors (Lipinski definition) is 6. The van der Waals surface area contributed by atoms with Crippen molar-refractivity contribution in [3.63, 3.8) is 0 Å². The van der Waals surface area contributed by atoms with Crippen LogP contribution in [0.15, 0.2) is 58.1 Å². The highest BCUT2D eigenvalue weighted by atomic mass is 35.5. The third-order valence-electron chi connectivity index (χ3n) is 3.89. The molecule has 0 aliphatic heterocycles. The monoisotopic (exact) mass is 368 g/mol. The molecule has 0 spiro atoms. The molecule has 0 saturated heterocycles. The van der Waals surface area contributed by atoms with Crippen molar-refractivity contribution in [1.29, 1.82) is 0 Å². The van der Waals surface area contributed by atoms with E-state index in [1.807, 2.05) is 24.3 Å². The van der Waals surface area contributed by atoms with Crippen molar-refractivity contribution in [1.82, 2.24) is 19.7 Å². The summed E-state index contributed by atoms with van der Waals surface area (Å²) in [5, 5.41) is 4.97. The van der Waals surface area contributed by atoms with Gasteiger partial charge in [-0.2, -0.15) is 4.98 Å². The zero-order valence-electron chi connectivity index (χ0n) is 13.7. The number of halogens is 1. The lowest BCUT2D eigenvalue weighted by Crippen LogP contribution is -2.21. The van der Waals surface area contributed by atoms with Crippen molar-refractivity contribution in [3.05, 3.63) is 70.1 Å². The van der Waals surface area contributed by atoms with E-state index in [4.69, 9.17) is 20.9 Å². The predicted octanol–water partition coefficient (Wildman–Crippen LogP) is 3.16. The molecule has 0 aliphatic rings. The predicted molar refractivity (Wildman–Crippen MR) is 96.4 cm³/mol. The largest absolute Gasteiger partial charge is 0.497 e. The lowest BCUT2D eigenvalue weighted by atomic mass is 10.2. The van der Waals surface area contributed by atoms with E-state index in [9.17, 15) is 4.79 Å². The molecule has 130 valence electrons. The van der Waals surface area contributed by atoms with Crippen molar-refractivity contribution in [2.75, 3.05) is 7.11 Å². The van der Waals surface area contributed by atoms with Crippen molar-refractivity contribution in [3.8, 4) is 17.1 Å². The number of benzene rings is 2. The van der Waals surface area contributed by atoms with Crippen LogP contribution in [0.1, 0.15) is 5.89 Å². The van der Waals surface area contributed by atoms with E-state index in [1.54, 1.807) is 25.3 Å². The molecule has 4 aromatic rings. The lowest BCUT2D eigenvalue weighted by Gasteiger charge is -2.03. The van der Waals surface area contributed by atoms with Gasteiger partial charge in [0, 0.05) is 10.6 Å². The van der Waals surface area contributed by atoms with Gasteiger partial charge in [0.1, 0.15) is 12.3 Å². The van der Waals surface area contributed by atoms with E-state index in [0.717, 1.165) is 5.56 Å². The summed E-state index contributed by atoms with van der Waals surface area (Å²) < 4.78 is 11.9. The highest BCUT2D eigenvalue weighted by molar-refractivity contribution is 6.31. The Morgan fingerprint density at radius 3 is 2.96 bits per heavy atom. The Hall–Kier alpha value is -3.19. The Morgan fingerprint density at radius 2 is 2.12 bits per heavy atom. The molecule has 0 saturated carbocycles. The van der Waals surface area contributed by atoms with Gasteiger partial charge < -0.3 is 9.26 Å². The van der Waals surface area contributed by atoms with Crippen molar-refractivity contribution < 1.29 is 9.26 Å². The fraction of sp³-hybridized carbons (Fsp3) is 0.111. The molecule has 0 N–H and O–H groups in total. The molecular weight excluding hydrogens is 356 g/mol. The van der Waals surface area contributed by atoms with Gasteiger partial charge in [0.05, 0.1) is 24.3 Å². The number of rotatable bonds is 4. The minimum atomic E-state index is -0.201. The van der Waals surface area contributed by atoms with Gasteiger partial charge in [0.2, 0.25) is 11.7 Å². The Labute approximate surface area is 152 Å². The third-order valence-corrected chi connectivity index (χ3v) is 4.12. The summed E-state index contributed by atoms with van der Waals surface area (Å²) in [7, 11) is 1.59. The van der Waals surface area contributed by atoms with E-state index < -0.39 is 0 Å². The molecule has 0 atom stereocenters. The second-order valence-corrected chi connectivity index (χ2v) is 6.02. The summed E-state index contributed by atoms with van der Waals surface area (Å²) >= 11 is 5.93. The topological polar surface area (TPSA) is 83.0 Å². The Balaban J connectivity index is 1.65. The van der Waals surface area contributed by atoms with Crippen LogP contribution >= 0.6 is 11.6 Å². The van der Waals surface area contributed by atoms with Crippen LogP contribution < -0.4 is 10.3 Å². The van der Waals surface area contributed by atoms with Crippen LogP contribution in [0.5, 0.6) is 5.75 Å². The number of fused-ring (bicyclic) bond motifs is 1. The maximum atomic E-state index is 12.6. The van der Waals surface area contributed by atoms with Gasteiger partial charge in [-0.25, -0.2) is 4.98 Å². The van der Waals surface area contributed by atoms with Crippen LogP contribution in [0.2, 0.25) is 5.02 Å². The molecule has 0 radical (unpaired) electrons. The summed E-state index contributed by atoms with van der Waals surface area (Å²) in [5.74, 6) is 1.43. The van der Waals surface area contributed by atoms with Gasteiger partial charge in [-0.3, -0.25) is 9.36 Å². The average molecular weight is 369 g/mol. The standard InChI is InChI=1S/C18H13ClN4O3/c1-25-13-4-2-3-11(7-13)17-21-16(26-22-17)9-23-10-20-15-8-12(19)5-6-14(15)18(23)24/h2-8,10H,9H2,1H3. The molecule has 0 bridgehead atoms. The molecule has 7 nitrogen and oxygen atoms in total. The van der Waals surface area contributed by atoms with E-state index in [2.05, 4.69) is 15.1 Å². The van der Waals surface area contributed by atoms with Gasteiger partial charge in [-0.05, 0) is 30.3 Å². The summed E-state index contributed by atoms with van der Waals surface area (Å²) in [4.78, 5) is 21.2. The quantitative estimate of drug-likeness (QED) is 0.550. The first-order chi connectivity index (χ1) is 12.6. The number of methoxy groups -OCH3 is 1. The van der Waals surface area contributed by atoms with Crippen LogP contribution in [0.25, 0.3) is 22.3 Å². The Kier molecular flexibility index (Phi) is 4.14. The molecule has 26 heavy (non-hydrogen) atoms. The second kappa shape index (κ2) is 6.61. The minimum Gasteiger partial charge on any atom is -0.497 e. The molecule has 0 aliphatic carbocycles. The molecule has 0 amide bonds. The molecular formula is C18H13ClN4O3. The lowest BCUT2D eigenvalue weighted by molar-refractivity contribution is 0.369. The zero-order chi connectivity index (χ0) is 18.1. The smallest absolute Gasteiger partial charge is 0.261 e. The first kappa shape index (κ1) is 16.3. The van der Waals surface area contributed by atoms with Crippen molar-refractivity contribution in [2.45, 2.75) is 6.54 Å². The van der Waals surface area contributed by atoms with Gasteiger partial charge >= 0.3 is 0 Å². The zero-order valence-corrected chi connectivity index (χ0v) is 14.5. The normalized spacial score (nSPS) is 11.0. The molecule has 0 unspecified atom stereocenters. The fourth-order valence-corrected chi connectivity index (χ4v) is 2.75. The SMILES string of the molecule is COc1cccc(-c2noc(Cn3cnc4cc(Cl)ccc4c3=O)n2)c1. The summed E-state index contributed by atoms with van der Waals surface area (Å²) in [6.07, 6.45) is 1.44. The van der Waals surface area contributed by atoms with Crippen LogP contribution in [0, 0.1) is 0 Å². The van der Waals surface area contributed by atoms with E-state index in [0.29, 0.717) is 33.4 Å². The summed E-state index contributed by atoms with van der Waals surface area (Å²) in [6, 6.07) is 12.3. The van der Waals surface area contributed by atoms with Crippen molar-refractivity contribution >= 4 is 22.5 Å². The number of hydrogen-bond donors (Lipinski definition) is 0. The first-order valence-electron chi connectivity index (χ1n) is 7.76. The minimum absolute atomic E-state index is 0.126. The van der Waals surface area contributed by atoms with Crippen LogP contribution in [0.4, 0.5) is 0 Å². The molecule has 2 aromatic heterocycles. The number of aromatic nitrogens is 4. The molecule has 0 fully saturated rings. The number of ether oxygens (including phenoxy) is 1. The van der Waals surface area contributed by atoms with Crippen LogP contribution in [0.3, 0.4) is 0 Å². The van der Waals surface area contributed by atoms with Crippen molar-refractivity contribution in [2.24, 2.45) is 0 Å². The summed E-state index contributed by atoms with van der Waals surface area (Å²) in [6.45, 7) is 0.126. The second-order valence-electron chi connectivity index (χ2n) is 5.58. The summed E-state index contributed by atoms with van der Waals surface area (Å²) in [5.41, 5.74) is 1.10. The Morgan fingerprint density at radius 1 is 1.23 bits per heavy atom. The van der Waals surface area contributed by atoms with Gasteiger partial charge in [-0.1, -0.05) is 28.9 Å². The Bertz CT molecular complexity index is 1150. The average Bonchev–Trinajstić information content (AvgIpc) is 3.13. The van der Waals surface area contributed by atoms with E-state index in [1.165, 1.54) is 10.9 Å². The highest BCUT2D eigenvalue weighted by Crippen LogP contribution is 2.21. The third kappa shape index (κ3) is 3.04. The molecule has 4 rings (SSSR count). The first-order valence-corrected chi connectivity index (χ1v) is 8.13. The highest BCUT2D eigenvalue weighted by Gasteiger charge is 2.12. The van der Waals surface area contributed by atoms with Gasteiger partial charge in [0.25, 0.3) is 5.56 Å². The van der Waals surface area contributed by atoms with E-state index in [-0.39, 0.29) is 12.1 Å². The van der Waals surface area contributed by atoms with Gasteiger partial charge in [-0.15, -0.1) is 0 Å². The van der Waals surface area contributed by atoms with Crippen LogP contribution in [-0.4, -0.2) is 26.8 Å². The maximum Gasteiger partial charge on any atom is 0.261 e. The van der Waals surface area contributed by atoms with Crippen LogP contribution in [-0.2, 0) is 6.54 Å². The molecule has 2 aromatic carbocycles. The van der Waals surface area contributed by atoms with Gasteiger partial charge in [0.15, 0.2) is 0 Å². The molecule has 8 heteroatoms. The molecule has 2 heterocycles. The van der Waals surface area contributed by atoms with E-state index >= 15 is 0 Å². The fourth-order valence-electron chi connectivity index (χ4n) is 2.59. The maximum absolute atomic E-state index is 12.6.